The number of aromatic amines is 1. The number of anilines is 1. The predicted molar refractivity (Wildman–Crippen MR) is 119 cm³/mol. The van der Waals surface area contributed by atoms with Gasteiger partial charge >= 0.3 is 6.18 Å². The van der Waals surface area contributed by atoms with Gasteiger partial charge in [0, 0.05) is 26.2 Å². The quantitative estimate of drug-likeness (QED) is 0.608. The van der Waals surface area contributed by atoms with E-state index in [0.717, 1.165) is 35.9 Å². The minimum Gasteiger partial charge on any atom is -0.378 e. The van der Waals surface area contributed by atoms with Gasteiger partial charge in [0.25, 0.3) is 0 Å². The molecule has 0 bridgehead atoms. The van der Waals surface area contributed by atoms with Crippen molar-refractivity contribution in [2.24, 2.45) is 0 Å². The third-order valence-corrected chi connectivity index (χ3v) is 6.71. The number of aliphatic hydroxyl groups is 1. The topological polar surface area (TPSA) is 64.6 Å². The van der Waals surface area contributed by atoms with Crippen LogP contribution in [0.1, 0.15) is 41.8 Å². The lowest BCUT2D eigenvalue weighted by atomic mass is 9.86. The molecule has 2 fully saturated rings. The van der Waals surface area contributed by atoms with Crippen molar-refractivity contribution in [3.05, 3.63) is 59.4 Å². The molecule has 33 heavy (non-hydrogen) atoms. The molecule has 2 saturated heterocycles. The van der Waals surface area contributed by atoms with E-state index in [1.807, 2.05) is 23.2 Å². The van der Waals surface area contributed by atoms with Crippen LogP contribution in [0.4, 0.5) is 18.9 Å². The second-order valence-corrected chi connectivity index (χ2v) is 8.72. The van der Waals surface area contributed by atoms with Gasteiger partial charge in [-0.15, -0.1) is 0 Å². The zero-order valence-electron chi connectivity index (χ0n) is 18.2. The van der Waals surface area contributed by atoms with Gasteiger partial charge in [-0.05, 0) is 42.5 Å². The van der Waals surface area contributed by atoms with Gasteiger partial charge in [0.05, 0.1) is 47.4 Å². The van der Waals surface area contributed by atoms with Crippen LogP contribution in [0, 0.1) is 0 Å². The largest absolute Gasteiger partial charge is 0.416 e. The van der Waals surface area contributed by atoms with Crippen molar-refractivity contribution in [2.45, 2.75) is 31.2 Å². The number of hydrogen-bond acceptors (Lipinski definition) is 5. The molecular formula is C24H27F3N4O2. The second kappa shape index (κ2) is 8.96. The van der Waals surface area contributed by atoms with Gasteiger partial charge in [-0.25, -0.2) is 0 Å². The van der Waals surface area contributed by atoms with E-state index in [1.54, 1.807) is 12.1 Å². The lowest BCUT2D eigenvalue weighted by molar-refractivity contribution is -0.138. The highest BCUT2D eigenvalue weighted by molar-refractivity contribution is 5.79. The molecule has 2 aliphatic heterocycles. The van der Waals surface area contributed by atoms with Gasteiger partial charge in [0.15, 0.2) is 0 Å². The molecule has 6 nitrogen and oxygen atoms in total. The smallest absolute Gasteiger partial charge is 0.378 e. The number of hydrogen-bond donors (Lipinski definition) is 2. The second-order valence-electron chi connectivity index (χ2n) is 8.72. The Hall–Kier alpha value is -2.62. The highest BCUT2D eigenvalue weighted by Gasteiger charge is 2.36. The normalized spacial score (nSPS) is 19.8. The van der Waals surface area contributed by atoms with Crippen LogP contribution < -0.4 is 4.90 Å². The molecule has 0 aliphatic carbocycles. The fourth-order valence-corrected chi connectivity index (χ4v) is 4.91. The zero-order valence-corrected chi connectivity index (χ0v) is 18.2. The van der Waals surface area contributed by atoms with Gasteiger partial charge in [-0.3, -0.25) is 9.88 Å². The van der Waals surface area contributed by atoms with Crippen molar-refractivity contribution in [2.75, 3.05) is 44.3 Å². The maximum Gasteiger partial charge on any atom is 0.416 e. The first-order chi connectivity index (χ1) is 15.9. The van der Waals surface area contributed by atoms with E-state index in [4.69, 9.17) is 4.74 Å². The molecule has 0 spiro atoms. The Morgan fingerprint density at radius 3 is 2.52 bits per heavy atom. The van der Waals surface area contributed by atoms with Crippen molar-refractivity contribution >= 4 is 16.7 Å². The molecule has 5 rings (SSSR count). The third-order valence-electron chi connectivity index (χ3n) is 6.71. The summed E-state index contributed by atoms with van der Waals surface area (Å²) in [4.78, 5) is 11.9. The summed E-state index contributed by atoms with van der Waals surface area (Å²) in [6, 6.07) is 9.70. The molecule has 1 aromatic carbocycles. The molecule has 0 radical (unpaired) electrons. The third kappa shape index (κ3) is 4.58. The number of halogens is 3. The van der Waals surface area contributed by atoms with E-state index in [1.165, 1.54) is 6.07 Å². The molecule has 2 aliphatic rings. The maximum absolute atomic E-state index is 13.4. The fraction of sp³-hybridized carbons (Fsp3) is 0.458. The molecule has 0 amide bonds. The number of aromatic nitrogens is 2. The number of benzene rings is 1. The van der Waals surface area contributed by atoms with Crippen LogP contribution in [0.5, 0.6) is 0 Å². The van der Waals surface area contributed by atoms with Crippen molar-refractivity contribution in [1.29, 1.82) is 0 Å². The Morgan fingerprint density at radius 2 is 1.79 bits per heavy atom. The zero-order chi connectivity index (χ0) is 23.0. The van der Waals surface area contributed by atoms with Gasteiger partial charge in [0.2, 0.25) is 0 Å². The van der Waals surface area contributed by atoms with Crippen LogP contribution in [0.25, 0.3) is 11.0 Å². The Kier molecular flexibility index (Phi) is 6.03. The SMILES string of the molecule is OC(c1cc2ncc(N3CCOCC3)cc2[nH]1)N1CCC(c2ccccc2C(F)(F)F)CC1. The standard InChI is InChI=1S/C24H27F3N4O2/c25-24(26,27)19-4-2-1-3-18(19)16-5-7-31(8-6-16)23(32)22-14-20-21(29-22)13-17(15-28-20)30-9-11-33-12-10-30/h1-4,13-16,23,29,32H,5-12H2. The number of nitrogens with zero attached hydrogens (tertiary/aromatic N) is 3. The van der Waals surface area contributed by atoms with Crippen molar-refractivity contribution in [3.8, 4) is 0 Å². The number of nitrogens with one attached hydrogen (secondary N) is 1. The van der Waals surface area contributed by atoms with E-state index >= 15 is 0 Å². The van der Waals surface area contributed by atoms with Crippen LogP contribution in [0.15, 0.2) is 42.6 Å². The van der Waals surface area contributed by atoms with Crippen molar-refractivity contribution in [3.63, 3.8) is 0 Å². The molecule has 1 unspecified atom stereocenters. The minimum absolute atomic E-state index is 0.174. The van der Waals surface area contributed by atoms with Gasteiger partial charge in [-0.2, -0.15) is 13.2 Å². The average Bonchev–Trinajstić information content (AvgIpc) is 3.27. The number of H-pyrrole nitrogens is 1. The first-order valence-corrected chi connectivity index (χ1v) is 11.3. The summed E-state index contributed by atoms with van der Waals surface area (Å²) in [5.74, 6) is -0.174. The van der Waals surface area contributed by atoms with Crippen LogP contribution in [-0.2, 0) is 10.9 Å². The van der Waals surface area contributed by atoms with E-state index in [0.29, 0.717) is 50.4 Å². The number of fused-ring (bicyclic) bond motifs is 1. The van der Waals surface area contributed by atoms with Crippen LogP contribution in [0.2, 0.25) is 0 Å². The molecule has 3 aromatic rings. The number of likely N-dealkylation sites (tertiary alicyclic amines) is 1. The fourth-order valence-electron chi connectivity index (χ4n) is 4.91. The average molecular weight is 461 g/mol. The number of piperidine rings is 1. The Labute approximate surface area is 190 Å². The monoisotopic (exact) mass is 460 g/mol. The minimum atomic E-state index is -4.36. The number of rotatable bonds is 4. The van der Waals surface area contributed by atoms with Crippen LogP contribution >= 0.6 is 0 Å². The number of morpholine rings is 1. The van der Waals surface area contributed by atoms with E-state index < -0.39 is 18.0 Å². The predicted octanol–water partition coefficient (Wildman–Crippen LogP) is 4.29. The Bertz CT molecular complexity index is 1100. The highest BCUT2D eigenvalue weighted by Crippen LogP contribution is 2.39. The lowest BCUT2D eigenvalue weighted by Gasteiger charge is -2.35. The van der Waals surface area contributed by atoms with Crippen LogP contribution in [0.3, 0.4) is 0 Å². The summed E-state index contributed by atoms with van der Waals surface area (Å²) in [6.07, 6.45) is -2.26. The van der Waals surface area contributed by atoms with Gasteiger partial charge in [0.1, 0.15) is 6.23 Å². The van der Waals surface area contributed by atoms with Gasteiger partial charge in [-0.1, -0.05) is 18.2 Å². The summed E-state index contributed by atoms with van der Waals surface area (Å²) in [6.45, 7) is 4.04. The lowest BCUT2D eigenvalue weighted by Crippen LogP contribution is -2.36. The van der Waals surface area contributed by atoms with Crippen molar-refractivity contribution in [1.82, 2.24) is 14.9 Å². The summed E-state index contributed by atoms with van der Waals surface area (Å²) >= 11 is 0. The highest BCUT2D eigenvalue weighted by atomic mass is 19.4. The van der Waals surface area contributed by atoms with E-state index in [2.05, 4.69) is 14.9 Å². The summed E-state index contributed by atoms with van der Waals surface area (Å²) < 4.78 is 45.6. The summed E-state index contributed by atoms with van der Waals surface area (Å²) in [7, 11) is 0. The first kappa shape index (κ1) is 22.2. The first-order valence-electron chi connectivity index (χ1n) is 11.3. The molecular weight excluding hydrogens is 433 g/mol. The molecule has 9 heteroatoms. The number of ether oxygens (including phenoxy) is 1. The van der Waals surface area contributed by atoms with Crippen molar-refractivity contribution < 1.29 is 23.0 Å². The molecule has 0 saturated carbocycles. The van der Waals surface area contributed by atoms with Crippen LogP contribution in [-0.4, -0.2) is 59.4 Å². The number of aliphatic hydroxyl groups excluding tert-OH is 1. The summed E-state index contributed by atoms with van der Waals surface area (Å²) in [5, 5.41) is 11.0. The number of alkyl halides is 3. The number of pyridine rings is 1. The van der Waals surface area contributed by atoms with E-state index in [9.17, 15) is 18.3 Å². The Morgan fingerprint density at radius 1 is 1.06 bits per heavy atom. The Balaban J connectivity index is 1.28. The molecule has 1 atom stereocenters. The molecule has 176 valence electrons. The van der Waals surface area contributed by atoms with E-state index in [-0.39, 0.29) is 5.92 Å². The summed E-state index contributed by atoms with van der Waals surface area (Å²) in [5.41, 5.74) is 3.08. The molecule has 2 aromatic heterocycles. The maximum atomic E-state index is 13.4. The molecule has 4 heterocycles. The molecule has 2 N–H and O–H groups in total. The van der Waals surface area contributed by atoms with Gasteiger partial charge < -0.3 is 19.7 Å².